The molecule has 1 aliphatic heterocycles. The number of fused-ring (bicyclic) bond motifs is 6. The Bertz CT molecular complexity index is 1260. The molecule has 9 heteroatoms. The fourth-order valence-corrected chi connectivity index (χ4v) is 8.53. The van der Waals surface area contributed by atoms with Gasteiger partial charge in [0.15, 0.2) is 11.4 Å². The van der Waals surface area contributed by atoms with Gasteiger partial charge in [-0.05, 0) is 42.7 Å². The number of carbonyl (C=O) groups is 4. The van der Waals surface area contributed by atoms with Gasteiger partial charge in [-0.1, -0.05) is 47.1 Å². The van der Waals surface area contributed by atoms with E-state index in [4.69, 9.17) is 18.6 Å². The summed E-state index contributed by atoms with van der Waals surface area (Å²) < 4.78 is 22.2. The molecule has 1 aromatic rings. The molecule has 0 amide bonds. The van der Waals surface area contributed by atoms with Gasteiger partial charge >= 0.3 is 17.9 Å². The molecule has 8 atom stereocenters. The summed E-state index contributed by atoms with van der Waals surface area (Å²) in [4.78, 5) is 53.1. The van der Waals surface area contributed by atoms with E-state index in [1.54, 1.807) is 38.5 Å². The van der Waals surface area contributed by atoms with Crippen molar-refractivity contribution in [3.05, 3.63) is 35.8 Å². The van der Waals surface area contributed by atoms with Gasteiger partial charge < -0.3 is 23.7 Å². The highest BCUT2D eigenvalue weighted by molar-refractivity contribution is 5.99. The first-order chi connectivity index (χ1) is 18.6. The van der Waals surface area contributed by atoms with Crippen LogP contribution < -0.4 is 0 Å². The SMILES string of the molecule is COC(=O)CC1C(C)(C)C(OC(=O)C(C)C)C2(O)C=C3C4CC(=O)OC(c5ccoc5)C4(C)CCC3C1(C)C2=O. The fraction of sp³-hybridized carbons (Fsp3) is 0.677. The highest BCUT2D eigenvalue weighted by Gasteiger charge is 2.73. The molecule has 8 unspecified atom stereocenters. The standard InChI is InChI=1S/C31H40O9/c1-16(2)25(34)40-27-28(3,4)21(13-22(32)37-7)30(6)19-8-10-29(5)20(18(19)14-31(27,36)26(30)35)12-23(33)39-24(29)17-9-11-38-15-17/h9,11,14-16,19-21,24,27,36H,8,10,12-13H2,1-7H3. The van der Waals surface area contributed by atoms with Crippen molar-refractivity contribution in [3.63, 3.8) is 0 Å². The summed E-state index contributed by atoms with van der Waals surface area (Å²) in [6, 6.07) is 1.79. The molecule has 2 saturated carbocycles. The van der Waals surface area contributed by atoms with Gasteiger partial charge in [-0.15, -0.1) is 0 Å². The zero-order valence-electron chi connectivity index (χ0n) is 24.3. The number of ether oxygens (including phenoxy) is 3. The molecule has 0 spiro atoms. The van der Waals surface area contributed by atoms with Crippen molar-refractivity contribution in [1.29, 1.82) is 0 Å². The topological polar surface area (TPSA) is 129 Å². The average Bonchev–Trinajstić information content (AvgIpc) is 3.42. The predicted octanol–water partition coefficient (Wildman–Crippen LogP) is 4.33. The minimum atomic E-state index is -2.13. The van der Waals surface area contributed by atoms with E-state index in [1.807, 2.05) is 20.8 Å². The second-order valence-corrected chi connectivity index (χ2v) is 13.5. The average molecular weight is 557 g/mol. The van der Waals surface area contributed by atoms with E-state index in [9.17, 15) is 24.3 Å². The van der Waals surface area contributed by atoms with Crippen LogP contribution in [-0.2, 0) is 33.4 Å². The lowest BCUT2D eigenvalue weighted by atomic mass is 9.39. The Hall–Kier alpha value is -2.94. The lowest BCUT2D eigenvalue weighted by molar-refractivity contribution is -0.226. The number of allylic oxidation sites excluding steroid dienone is 1. The highest BCUT2D eigenvalue weighted by Crippen LogP contribution is 2.69. The summed E-state index contributed by atoms with van der Waals surface area (Å²) in [6.07, 6.45) is 4.16. The fourth-order valence-electron chi connectivity index (χ4n) is 8.53. The summed E-state index contributed by atoms with van der Waals surface area (Å²) in [5.41, 5.74) is -3.26. The first kappa shape index (κ1) is 28.6. The molecular weight excluding hydrogens is 516 g/mol. The number of hydrogen-bond donors (Lipinski definition) is 1. The van der Waals surface area contributed by atoms with Crippen molar-refractivity contribution >= 4 is 23.7 Å². The molecule has 1 N–H and O–H groups in total. The van der Waals surface area contributed by atoms with E-state index >= 15 is 0 Å². The number of hydrogen-bond acceptors (Lipinski definition) is 9. The Morgan fingerprint density at radius 2 is 1.85 bits per heavy atom. The van der Waals surface area contributed by atoms with Gasteiger partial charge in [-0.2, -0.15) is 0 Å². The third-order valence-corrected chi connectivity index (χ3v) is 10.6. The number of furan rings is 1. The molecule has 2 heterocycles. The van der Waals surface area contributed by atoms with Crippen LogP contribution in [0.3, 0.4) is 0 Å². The molecule has 0 aromatic carbocycles. The molecule has 5 rings (SSSR count). The maximum absolute atomic E-state index is 14.4. The van der Waals surface area contributed by atoms with Crippen LogP contribution in [0.15, 0.2) is 34.7 Å². The van der Waals surface area contributed by atoms with Gasteiger partial charge in [0.05, 0.1) is 32.0 Å². The summed E-state index contributed by atoms with van der Waals surface area (Å²) >= 11 is 0. The normalized spacial score (nSPS) is 39.9. The second-order valence-electron chi connectivity index (χ2n) is 13.5. The van der Waals surface area contributed by atoms with Crippen molar-refractivity contribution in [1.82, 2.24) is 0 Å². The van der Waals surface area contributed by atoms with Crippen molar-refractivity contribution in [2.45, 2.75) is 85.0 Å². The molecule has 1 saturated heterocycles. The van der Waals surface area contributed by atoms with Crippen LogP contribution in [0, 0.1) is 39.9 Å². The molecule has 218 valence electrons. The van der Waals surface area contributed by atoms with Crippen LogP contribution >= 0.6 is 0 Å². The number of Topliss-reactive ketones (excluding diaryl/α,β-unsaturated/α-hetero) is 1. The summed E-state index contributed by atoms with van der Waals surface area (Å²) in [7, 11) is 1.30. The maximum atomic E-state index is 14.4. The predicted molar refractivity (Wildman–Crippen MR) is 141 cm³/mol. The van der Waals surface area contributed by atoms with E-state index < -0.39 is 63.6 Å². The molecule has 3 aliphatic carbocycles. The molecular formula is C31H40O9. The molecule has 40 heavy (non-hydrogen) atoms. The van der Waals surface area contributed by atoms with Gasteiger partial charge in [-0.25, -0.2) is 0 Å². The molecule has 0 radical (unpaired) electrons. The van der Waals surface area contributed by atoms with Crippen molar-refractivity contribution < 1.29 is 42.9 Å². The minimum Gasteiger partial charge on any atom is -0.472 e. The number of rotatable bonds is 5. The van der Waals surface area contributed by atoms with Crippen molar-refractivity contribution in [2.75, 3.05) is 7.11 Å². The molecule has 1 aromatic heterocycles. The number of methoxy groups -OCH3 is 1. The van der Waals surface area contributed by atoms with Gasteiger partial charge in [0.1, 0.15) is 12.2 Å². The van der Waals surface area contributed by atoms with Crippen LogP contribution in [0.1, 0.15) is 78.9 Å². The summed E-state index contributed by atoms with van der Waals surface area (Å²) in [5, 5.41) is 12.3. The van der Waals surface area contributed by atoms with Crippen molar-refractivity contribution in [2.24, 2.45) is 39.9 Å². The quantitative estimate of drug-likeness (QED) is 0.320. The van der Waals surface area contributed by atoms with Crippen LogP contribution in [0.25, 0.3) is 0 Å². The summed E-state index contributed by atoms with van der Waals surface area (Å²) in [5.74, 6) is -3.63. The van der Waals surface area contributed by atoms with Gasteiger partial charge in [0.2, 0.25) is 0 Å². The van der Waals surface area contributed by atoms with E-state index in [1.165, 1.54) is 7.11 Å². The number of carbonyl (C=O) groups excluding carboxylic acids is 4. The van der Waals surface area contributed by atoms with Gasteiger partial charge in [0.25, 0.3) is 0 Å². The van der Waals surface area contributed by atoms with E-state index in [0.717, 1.165) is 11.1 Å². The molecule has 3 fully saturated rings. The third kappa shape index (κ3) is 3.83. The Balaban J connectivity index is 1.71. The minimum absolute atomic E-state index is 0.0804. The number of esters is 3. The first-order valence-corrected chi connectivity index (χ1v) is 14.1. The third-order valence-electron chi connectivity index (χ3n) is 10.6. The Morgan fingerprint density at radius 3 is 2.45 bits per heavy atom. The van der Waals surface area contributed by atoms with Crippen LogP contribution in [0.2, 0.25) is 0 Å². The van der Waals surface area contributed by atoms with Crippen molar-refractivity contribution in [3.8, 4) is 0 Å². The van der Waals surface area contributed by atoms with E-state index in [2.05, 4.69) is 6.92 Å². The largest absolute Gasteiger partial charge is 0.472 e. The molecule has 9 nitrogen and oxygen atoms in total. The zero-order valence-corrected chi connectivity index (χ0v) is 24.3. The van der Waals surface area contributed by atoms with E-state index in [0.29, 0.717) is 12.8 Å². The maximum Gasteiger partial charge on any atom is 0.308 e. The smallest absolute Gasteiger partial charge is 0.308 e. The lowest BCUT2D eigenvalue weighted by Gasteiger charge is -2.65. The Labute approximate surface area is 234 Å². The molecule has 2 bridgehead atoms. The lowest BCUT2D eigenvalue weighted by Crippen LogP contribution is -2.74. The number of aliphatic hydroxyl groups is 1. The number of ketones is 1. The summed E-state index contributed by atoms with van der Waals surface area (Å²) in [6.45, 7) is 11.0. The zero-order chi connectivity index (χ0) is 29.4. The molecule has 4 aliphatic rings. The first-order valence-electron chi connectivity index (χ1n) is 14.1. The van der Waals surface area contributed by atoms with Crippen LogP contribution in [-0.4, -0.2) is 47.6 Å². The van der Waals surface area contributed by atoms with E-state index in [-0.39, 0.29) is 30.6 Å². The van der Waals surface area contributed by atoms with Crippen LogP contribution in [0.5, 0.6) is 0 Å². The van der Waals surface area contributed by atoms with Gasteiger partial charge in [-0.3, -0.25) is 19.2 Å². The Kier molecular flexibility index (Phi) is 6.64. The number of cyclic esters (lactones) is 1. The second kappa shape index (κ2) is 9.29. The van der Waals surface area contributed by atoms with Crippen LogP contribution in [0.4, 0.5) is 0 Å². The van der Waals surface area contributed by atoms with Gasteiger partial charge in [0, 0.05) is 28.2 Å². The Morgan fingerprint density at radius 1 is 1.15 bits per heavy atom. The highest BCUT2D eigenvalue weighted by atomic mass is 16.6. The monoisotopic (exact) mass is 556 g/mol.